The van der Waals surface area contributed by atoms with Gasteiger partial charge in [0.25, 0.3) is 0 Å². The third kappa shape index (κ3) is 27.0. The summed E-state index contributed by atoms with van der Waals surface area (Å²) in [5.74, 6) is -0.129. The largest absolute Gasteiger partial charge is 0.394 e. The minimum Gasteiger partial charge on any atom is -0.394 e. The van der Waals surface area contributed by atoms with Crippen molar-refractivity contribution in [1.29, 1.82) is 0 Å². The molecule has 0 saturated heterocycles. The smallest absolute Gasteiger partial charge is 0.246 e. The van der Waals surface area contributed by atoms with Crippen molar-refractivity contribution in [2.45, 2.75) is 96.8 Å². The molecule has 8 heteroatoms. The molecule has 0 unspecified atom stereocenters. The fourth-order valence-electron chi connectivity index (χ4n) is 3.52. The van der Waals surface area contributed by atoms with E-state index in [1.807, 2.05) is 0 Å². The Balaban J connectivity index is 3.23. The molecule has 0 saturated carbocycles. The van der Waals surface area contributed by atoms with E-state index in [-0.39, 0.29) is 31.6 Å². The molecule has 0 heterocycles. The molecular formula is C26H52N2O6. The van der Waals surface area contributed by atoms with Crippen LogP contribution in [0.2, 0.25) is 0 Å². The van der Waals surface area contributed by atoms with Crippen LogP contribution in [0.25, 0.3) is 0 Å². The van der Waals surface area contributed by atoms with Crippen molar-refractivity contribution in [1.82, 2.24) is 10.6 Å². The van der Waals surface area contributed by atoms with Crippen LogP contribution in [-0.4, -0.2) is 76.3 Å². The Morgan fingerprint density at radius 2 is 1.06 bits per heavy atom. The SMILES string of the molecule is CCCCCCCCCCCCCCCC(=O)NCCOCCOCC(=O)NCCOCCO. The molecule has 0 spiro atoms. The molecule has 8 nitrogen and oxygen atoms in total. The van der Waals surface area contributed by atoms with Crippen LogP contribution >= 0.6 is 0 Å². The summed E-state index contributed by atoms with van der Waals surface area (Å²) >= 11 is 0. The van der Waals surface area contributed by atoms with E-state index in [1.165, 1.54) is 70.6 Å². The zero-order valence-electron chi connectivity index (χ0n) is 21.8. The van der Waals surface area contributed by atoms with E-state index < -0.39 is 0 Å². The van der Waals surface area contributed by atoms with Gasteiger partial charge in [0, 0.05) is 19.5 Å². The number of amides is 2. The lowest BCUT2D eigenvalue weighted by atomic mass is 10.0. The molecule has 0 fully saturated rings. The van der Waals surface area contributed by atoms with Crippen LogP contribution in [0.3, 0.4) is 0 Å². The van der Waals surface area contributed by atoms with Gasteiger partial charge in [-0.05, 0) is 6.42 Å². The van der Waals surface area contributed by atoms with Gasteiger partial charge < -0.3 is 30.0 Å². The van der Waals surface area contributed by atoms with E-state index in [9.17, 15) is 9.59 Å². The first kappa shape index (κ1) is 32.8. The molecular weight excluding hydrogens is 436 g/mol. The zero-order valence-corrected chi connectivity index (χ0v) is 21.8. The van der Waals surface area contributed by atoms with E-state index in [4.69, 9.17) is 19.3 Å². The number of ether oxygens (including phenoxy) is 3. The normalized spacial score (nSPS) is 11.0. The van der Waals surface area contributed by atoms with Gasteiger partial charge in [-0.2, -0.15) is 0 Å². The number of hydrogen-bond acceptors (Lipinski definition) is 6. The van der Waals surface area contributed by atoms with Crippen LogP contribution in [0, 0.1) is 0 Å². The van der Waals surface area contributed by atoms with Gasteiger partial charge >= 0.3 is 0 Å². The maximum atomic E-state index is 11.8. The van der Waals surface area contributed by atoms with Crippen LogP contribution in [-0.2, 0) is 23.8 Å². The number of aliphatic hydroxyl groups excluding tert-OH is 1. The standard InChI is InChI=1S/C26H52N2O6/c1-2-3-4-5-6-7-8-9-10-11-12-13-14-15-25(30)27-16-20-33-22-23-34-24-26(31)28-17-19-32-21-18-29/h29H,2-24H2,1H3,(H,27,30)(H,28,31). The van der Waals surface area contributed by atoms with Gasteiger partial charge in [-0.25, -0.2) is 0 Å². The summed E-state index contributed by atoms with van der Waals surface area (Å²) in [7, 11) is 0. The van der Waals surface area contributed by atoms with E-state index in [2.05, 4.69) is 17.6 Å². The average molecular weight is 489 g/mol. The maximum Gasteiger partial charge on any atom is 0.246 e. The zero-order chi connectivity index (χ0) is 25.0. The highest BCUT2D eigenvalue weighted by Crippen LogP contribution is 2.12. The highest BCUT2D eigenvalue weighted by Gasteiger charge is 2.02. The molecule has 0 rings (SSSR count). The van der Waals surface area contributed by atoms with Gasteiger partial charge in [0.05, 0.1) is 39.6 Å². The number of rotatable bonds is 27. The first-order chi connectivity index (χ1) is 16.7. The number of aliphatic hydroxyl groups is 1. The lowest BCUT2D eigenvalue weighted by Gasteiger charge is -2.08. The van der Waals surface area contributed by atoms with E-state index >= 15 is 0 Å². The van der Waals surface area contributed by atoms with Gasteiger partial charge in [0.1, 0.15) is 6.61 Å². The number of nitrogens with one attached hydrogen (secondary N) is 2. The van der Waals surface area contributed by atoms with Gasteiger partial charge in [0.2, 0.25) is 11.8 Å². The minimum atomic E-state index is -0.215. The molecule has 0 radical (unpaired) electrons. The quantitative estimate of drug-likeness (QED) is 0.152. The first-order valence-electron chi connectivity index (χ1n) is 13.6. The summed E-state index contributed by atoms with van der Waals surface area (Å²) in [6.07, 6.45) is 17.5. The van der Waals surface area contributed by atoms with Gasteiger partial charge in [-0.15, -0.1) is 0 Å². The first-order valence-corrected chi connectivity index (χ1v) is 13.6. The second-order valence-corrected chi connectivity index (χ2v) is 8.69. The van der Waals surface area contributed by atoms with E-state index in [0.717, 1.165) is 12.8 Å². The number of unbranched alkanes of at least 4 members (excludes halogenated alkanes) is 12. The molecule has 34 heavy (non-hydrogen) atoms. The number of carbonyl (C=O) groups is 2. The fraction of sp³-hybridized carbons (Fsp3) is 0.923. The van der Waals surface area contributed by atoms with Crippen molar-refractivity contribution in [3.8, 4) is 0 Å². The average Bonchev–Trinajstić information content (AvgIpc) is 2.83. The molecule has 0 atom stereocenters. The Morgan fingerprint density at radius 3 is 1.62 bits per heavy atom. The third-order valence-corrected chi connectivity index (χ3v) is 5.49. The van der Waals surface area contributed by atoms with Crippen LogP contribution in [0.15, 0.2) is 0 Å². The highest BCUT2D eigenvalue weighted by atomic mass is 16.5. The Kier molecular flexibility index (Phi) is 27.0. The number of hydrogen-bond donors (Lipinski definition) is 3. The van der Waals surface area contributed by atoms with E-state index in [0.29, 0.717) is 45.9 Å². The molecule has 0 aromatic heterocycles. The van der Waals surface area contributed by atoms with Crippen molar-refractivity contribution in [2.75, 3.05) is 59.3 Å². The molecule has 2 amide bonds. The Labute approximate surface area is 207 Å². The molecule has 3 N–H and O–H groups in total. The molecule has 202 valence electrons. The summed E-state index contributed by atoms with van der Waals surface area (Å²) in [4.78, 5) is 23.3. The van der Waals surface area contributed by atoms with Crippen LogP contribution in [0.1, 0.15) is 96.8 Å². The topological polar surface area (TPSA) is 106 Å². The lowest BCUT2D eigenvalue weighted by Crippen LogP contribution is -2.31. The molecule has 0 aromatic carbocycles. The molecule has 0 aliphatic carbocycles. The van der Waals surface area contributed by atoms with Crippen LogP contribution < -0.4 is 10.6 Å². The van der Waals surface area contributed by atoms with Gasteiger partial charge in [-0.1, -0.05) is 84.0 Å². The van der Waals surface area contributed by atoms with Gasteiger partial charge in [-0.3, -0.25) is 9.59 Å². The van der Waals surface area contributed by atoms with Crippen molar-refractivity contribution in [3.63, 3.8) is 0 Å². The summed E-state index contributed by atoms with van der Waals surface area (Å²) in [6.45, 7) is 4.84. The molecule has 0 bridgehead atoms. The van der Waals surface area contributed by atoms with Crippen molar-refractivity contribution in [3.05, 3.63) is 0 Å². The summed E-state index contributed by atoms with van der Waals surface area (Å²) in [6, 6.07) is 0. The van der Waals surface area contributed by atoms with Gasteiger partial charge in [0.15, 0.2) is 0 Å². The monoisotopic (exact) mass is 488 g/mol. The third-order valence-electron chi connectivity index (χ3n) is 5.49. The maximum absolute atomic E-state index is 11.8. The molecule has 0 aromatic rings. The predicted molar refractivity (Wildman–Crippen MR) is 136 cm³/mol. The highest BCUT2D eigenvalue weighted by molar-refractivity contribution is 5.77. The van der Waals surface area contributed by atoms with E-state index in [1.54, 1.807) is 0 Å². The summed E-state index contributed by atoms with van der Waals surface area (Å²) in [5.41, 5.74) is 0. The molecule has 0 aliphatic heterocycles. The van der Waals surface area contributed by atoms with Crippen molar-refractivity contribution in [2.24, 2.45) is 0 Å². The Hall–Kier alpha value is -1.22. The Bertz CT molecular complexity index is 451. The Morgan fingerprint density at radius 1 is 0.588 bits per heavy atom. The summed E-state index contributed by atoms with van der Waals surface area (Å²) < 4.78 is 15.7. The molecule has 0 aliphatic rings. The fourth-order valence-corrected chi connectivity index (χ4v) is 3.52. The number of carbonyl (C=O) groups excluding carboxylic acids is 2. The van der Waals surface area contributed by atoms with Crippen LogP contribution in [0.5, 0.6) is 0 Å². The second-order valence-electron chi connectivity index (χ2n) is 8.69. The van der Waals surface area contributed by atoms with Crippen molar-refractivity contribution >= 4 is 11.8 Å². The van der Waals surface area contributed by atoms with Crippen LogP contribution in [0.4, 0.5) is 0 Å². The second kappa shape index (κ2) is 28.0. The lowest BCUT2D eigenvalue weighted by molar-refractivity contribution is -0.126. The van der Waals surface area contributed by atoms with Crippen molar-refractivity contribution < 1.29 is 28.9 Å². The minimum absolute atomic E-state index is 0.0276. The summed E-state index contributed by atoms with van der Waals surface area (Å²) in [5, 5.41) is 14.1. The predicted octanol–water partition coefficient (Wildman–Crippen LogP) is 3.74.